The third kappa shape index (κ3) is 2.75. The van der Waals surface area contributed by atoms with Gasteiger partial charge in [-0.15, -0.1) is 0 Å². The highest BCUT2D eigenvalue weighted by molar-refractivity contribution is 5.40. The lowest BCUT2D eigenvalue weighted by Gasteiger charge is -2.28. The summed E-state index contributed by atoms with van der Waals surface area (Å²) in [5.74, 6) is -28.1. The fourth-order valence-electron chi connectivity index (χ4n) is 1.50. The Morgan fingerprint density at radius 2 is 0.583 bits per heavy atom. The summed E-state index contributed by atoms with van der Waals surface area (Å²) in [5.41, 5.74) is -8.01. The first kappa shape index (κ1) is 20.3. The van der Waals surface area contributed by atoms with Crippen molar-refractivity contribution in [3.8, 4) is 0 Å². The zero-order valence-corrected chi connectivity index (χ0v) is 10.3. The molecule has 0 radical (unpaired) electrons. The van der Waals surface area contributed by atoms with Gasteiger partial charge >= 0.3 is 24.2 Å². The average Bonchev–Trinajstić information content (AvgIpc) is 2.36. The van der Waals surface area contributed by atoms with Gasteiger partial charge in [0.15, 0.2) is 23.3 Å². The van der Waals surface area contributed by atoms with Crippen LogP contribution in [0, 0.1) is 23.3 Å². The predicted octanol–water partition coefficient (Wildman–Crippen LogP) is 5.55. The number of alkyl halides is 10. The van der Waals surface area contributed by atoms with Crippen LogP contribution in [-0.2, 0) is 11.8 Å². The quantitative estimate of drug-likeness (QED) is 0.355. The van der Waals surface area contributed by atoms with E-state index in [4.69, 9.17) is 0 Å². The highest BCUT2D eigenvalue weighted by Gasteiger charge is 2.68. The van der Waals surface area contributed by atoms with E-state index in [0.29, 0.717) is 0 Å². The summed E-state index contributed by atoms with van der Waals surface area (Å²) in [5, 5.41) is 0. The number of benzene rings is 1. The molecule has 0 aliphatic heterocycles. The minimum Gasteiger partial charge on any atom is -0.203 e. The van der Waals surface area contributed by atoms with Crippen LogP contribution in [-0.4, -0.2) is 12.4 Å². The molecule has 0 bridgehead atoms. The van der Waals surface area contributed by atoms with E-state index in [-0.39, 0.29) is 0 Å². The van der Waals surface area contributed by atoms with Crippen molar-refractivity contribution in [1.82, 2.24) is 0 Å². The molecule has 0 fully saturated rings. The van der Waals surface area contributed by atoms with Crippen molar-refractivity contribution in [2.24, 2.45) is 0 Å². The molecule has 0 unspecified atom stereocenters. The summed E-state index contributed by atoms with van der Waals surface area (Å²) in [7, 11) is 0. The second-order valence-electron chi connectivity index (χ2n) is 4.15. The van der Waals surface area contributed by atoms with E-state index in [0.717, 1.165) is 0 Å². The maximum atomic E-state index is 13.2. The van der Waals surface area contributed by atoms with Crippen molar-refractivity contribution in [1.29, 1.82) is 0 Å². The molecule has 1 aromatic carbocycles. The van der Waals surface area contributed by atoms with Crippen LogP contribution >= 0.6 is 0 Å². The fraction of sp³-hybridized carbons (Fsp3) is 0.400. The Kier molecular flexibility index (Phi) is 4.54. The smallest absolute Gasteiger partial charge is 0.203 e. The normalized spacial score (nSPS) is 14.2. The first-order valence-corrected chi connectivity index (χ1v) is 5.15. The number of halogens is 14. The van der Waals surface area contributed by atoms with E-state index in [1.165, 1.54) is 0 Å². The van der Waals surface area contributed by atoms with Gasteiger partial charge in [0.2, 0.25) is 0 Å². The molecule has 0 nitrogen and oxygen atoms in total. The summed E-state index contributed by atoms with van der Waals surface area (Å²) >= 11 is 0. The molecule has 0 saturated heterocycles. The van der Waals surface area contributed by atoms with Gasteiger partial charge in [0, 0.05) is 0 Å². The average molecular weight is 386 g/mol. The molecule has 0 spiro atoms. The van der Waals surface area contributed by atoms with Gasteiger partial charge in [-0.2, -0.15) is 43.9 Å². The van der Waals surface area contributed by atoms with E-state index >= 15 is 0 Å². The van der Waals surface area contributed by atoms with Crippen LogP contribution in [0.15, 0.2) is 0 Å². The molecule has 0 N–H and O–H groups in total. The molecule has 0 heterocycles. The molecule has 24 heavy (non-hydrogen) atoms. The third-order valence-electron chi connectivity index (χ3n) is 2.61. The van der Waals surface area contributed by atoms with Crippen molar-refractivity contribution >= 4 is 0 Å². The van der Waals surface area contributed by atoms with E-state index in [9.17, 15) is 61.5 Å². The van der Waals surface area contributed by atoms with Gasteiger partial charge < -0.3 is 0 Å². The van der Waals surface area contributed by atoms with E-state index in [1.54, 1.807) is 0 Å². The Bertz CT molecular complexity index is 592. The molecule has 0 aliphatic rings. The Labute approximate surface area is 121 Å². The van der Waals surface area contributed by atoms with Gasteiger partial charge in [0.25, 0.3) is 0 Å². The molecule has 0 aliphatic carbocycles. The zero-order chi connectivity index (χ0) is 19.5. The van der Waals surface area contributed by atoms with Gasteiger partial charge in [-0.1, -0.05) is 0 Å². The van der Waals surface area contributed by atoms with Crippen molar-refractivity contribution in [3.63, 3.8) is 0 Å². The van der Waals surface area contributed by atoms with Gasteiger partial charge in [-0.3, -0.25) is 0 Å². The molecule has 0 aromatic heterocycles. The number of rotatable bonds is 2. The lowest BCUT2D eigenvalue weighted by Crippen LogP contribution is -2.42. The zero-order valence-electron chi connectivity index (χ0n) is 10.3. The topological polar surface area (TPSA) is 0 Å². The van der Waals surface area contributed by atoms with Crippen LogP contribution in [0.2, 0.25) is 0 Å². The fourth-order valence-corrected chi connectivity index (χ4v) is 1.50. The van der Waals surface area contributed by atoms with Gasteiger partial charge in [-0.25, -0.2) is 17.6 Å². The van der Waals surface area contributed by atoms with E-state index in [1.807, 2.05) is 0 Å². The SMILES string of the molecule is Fc1c(F)c(F)c(C(F)(F)C(F)(F)F)c(C(F)(F)C(F)(F)F)c1F. The molecule has 14 heteroatoms. The Morgan fingerprint density at radius 3 is 0.750 bits per heavy atom. The molecule has 1 rings (SSSR count). The molecular weight excluding hydrogens is 386 g/mol. The first-order chi connectivity index (χ1) is 10.4. The second-order valence-corrected chi connectivity index (χ2v) is 4.15. The second kappa shape index (κ2) is 5.37. The highest BCUT2D eigenvalue weighted by atomic mass is 19.4. The Morgan fingerprint density at radius 1 is 0.375 bits per heavy atom. The van der Waals surface area contributed by atoms with Gasteiger partial charge in [0.05, 0.1) is 11.1 Å². The summed E-state index contributed by atoms with van der Waals surface area (Å²) in [6, 6.07) is 0. The van der Waals surface area contributed by atoms with Gasteiger partial charge in [-0.05, 0) is 0 Å². The Hall–Kier alpha value is -1.76. The monoisotopic (exact) mass is 386 g/mol. The van der Waals surface area contributed by atoms with Crippen LogP contribution < -0.4 is 0 Å². The predicted molar refractivity (Wildman–Crippen MR) is 46.2 cm³/mol. The van der Waals surface area contributed by atoms with Crippen molar-refractivity contribution in [2.75, 3.05) is 0 Å². The number of hydrogen-bond acceptors (Lipinski definition) is 0. The molecule has 138 valence electrons. The van der Waals surface area contributed by atoms with E-state index in [2.05, 4.69) is 0 Å². The van der Waals surface area contributed by atoms with Crippen molar-refractivity contribution in [2.45, 2.75) is 24.2 Å². The summed E-state index contributed by atoms with van der Waals surface area (Å²) in [6.45, 7) is 0. The van der Waals surface area contributed by atoms with E-state index < -0.39 is 58.6 Å². The maximum absolute atomic E-state index is 13.2. The largest absolute Gasteiger partial charge is 0.458 e. The standard InChI is InChI=1S/C10F14/c11-3-1(7(15,16)9(19,20)21)2(4(12)6(14)5(3)13)8(17,18)10(22,23)24. The van der Waals surface area contributed by atoms with Crippen LogP contribution in [0.1, 0.15) is 11.1 Å². The van der Waals surface area contributed by atoms with Gasteiger partial charge in [0.1, 0.15) is 0 Å². The highest BCUT2D eigenvalue weighted by Crippen LogP contribution is 2.53. The maximum Gasteiger partial charge on any atom is 0.458 e. The molecule has 0 amide bonds. The van der Waals surface area contributed by atoms with Crippen LogP contribution in [0.5, 0.6) is 0 Å². The van der Waals surface area contributed by atoms with Crippen molar-refractivity contribution < 1.29 is 61.5 Å². The molecule has 0 atom stereocenters. The molecule has 1 aromatic rings. The van der Waals surface area contributed by atoms with Crippen LogP contribution in [0.3, 0.4) is 0 Å². The third-order valence-corrected chi connectivity index (χ3v) is 2.61. The summed E-state index contributed by atoms with van der Waals surface area (Å²) in [4.78, 5) is 0. The van der Waals surface area contributed by atoms with Crippen LogP contribution in [0.4, 0.5) is 61.5 Å². The minimum atomic E-state index is -7.03. The number of hydrogen-bond donors (Lipinski definition) is 0. The summed E-state index contributed by atoms with van der Waals surface area (Å²) < 4.78 is 177. The summed E-state index contributed by atoms with van der Waals surface area (Å²) in [6.07, 6.45) is -14.1. The molecular formula is C10F14. The lowest BCUT2D eigenvalue weighted by molar-refractivity contribution is -0.303. The van der Waals surface area contributed by atoms with Crippen molar-refractivity contribution in [3.05, 3.63) is 34.4 Å². The Balaban J connectivity index is 4.11. The van der Waals surface area contributed by atoms with Crippen LogP contribution in [0.25, 0.3) is 0 Å². The minimum absolute atomic E-state index is 3.42. The molecule has 0 saturated carbocycles. The lowest BCUT2D eigenvalue weighted by atomic mass is 9.94. The first-order valence-electron chi connectivity index (χ1n) is 5.15.